The standard InChI is InChI=1S/C25H24ClN5O4S2/c1-16-6-4-5-7-19(16)15-36-25-28-27-24(30(25)23-14-20(26)9-8-17(23)2)18(3)29-37(34,35)22-12-10-21(11-13-22)31(32)33/h4-14,18,29H,15H2,1-3H3. The maximum atomic E-state index is 13.1. The first-order valence-electron chi connectivity index (χ1n) is 11.2. The van der Waals surface area contributed by atoms with Gasteiger partial charge in [-0.15, -0.1) is 10.2 Å². The van der Waals surface area contributed by atoms with E-state index >= 15 is 0 Å². The molecule has 0 fully saturated rings. The highest BCUT2D eigenvalue weighted by Gasteiger charge is 2.26. The Bertz CT molecular complexity index is 1560. The Morgan fingerprint density at radius 1 is 1.05 bits per heavy atom. The molecule has 1 N–H and O–H groups in total. The average molecular weight is 558 g/mol. The Morgan fingerprint density at radius 3 is 2.43 bits per heavy atom. The molecule has 1 atom stereocenters. The molecule has 0 aliphatic heterocycles. The summed E-state index contributed by atoms with van der Waals surface area (Å²) in [6, 6.07) is 17.4. The summed E-state index contributed by atoms with van der Waals surface area (Å²) in [7, 11) is -4.01. The van der Waals surface area contributed by atoms with Crippen molar-refractivity contribution in [2.75, 3.05) is 0 Å². The largest absolute Gasteiger partial charge is 0.272 e. The number of nitro groups is 1. The molecule has 0 spiro atoms. The van der Waals surface area contributed by atoms with Crippen LogP contribution in [-0.4, -0.2) is 28.1 Å². The Kier molecular flexibility index (Phi) is 7.98. The van der Waals surface area contributed by atoms with Gasteiger partial charge in [-0.05, 0) is 61.7 Å². The van der Waals surface area contributed by atoms with Gasteiger partial charge >= 0.3 is 0 Å². The van der Waals surface area contributed by atoms with Crippen LogP contribution in [0.1, 0.15) is 35.5 Å². The highest BCUT2D eigenvalue weighted by Crippen LogP contribution is 2.31. The van der Waals surface area contributed by atoms with Crippen LogP contribution in [0, 0.1) is 24.0 Å². The second kappa shape index (κ2) is 11.0. The van der Waals surface area contributed by atoms with Crippen molar-refractivity contribution in [2.45, 2.75) is 42.6 Å². The number of nitrogens with one attached hydrogen (secondary N) is 1. The summed E-state index contributed by atoms with van der Waals surface area (Å²) in [6.45, 7) is 5.64. The van der Waals surface area contributed by atoms with Crippen LogP contribution in [0.25, 0.3) is 5.69 Å². The van der Waals surface area contributed by atoms with Crippen molar-refractivity contribution in [2.24, 2.45) is 0 Å². The van der Waals surface area contributed by atoms with E-state index in [1.165, 1.54) is 23.9 Å². The van der Waals surface area contributed by atoms with Gasteiger partial charge in [0.1, 0.15) is 0 Å². The molecule has 1 heterocycles. The van der Waals surface area contributed by atoms with Crippen molar-refractivity contribution < 1.29 is 13.3 Å². The third kappa shape index (κ3) is 6.02. The van der Waals surface area contributed by atoms with Gasteiger partial charge in [0.2, 0.25) is 10.0 Å². The predicted octanol–water partition coefficient (Wildman–Crippen LogP) is 5.78. The summed E-state index contributed by atoms with van der Waals surface area (Å²) in [5.74, 6) is 1.02. The number of aromatic nitrogens is 3. The van der Waals surface area contributed by atoms with Gasteiger partial charge in [-0.3, -0.25) is 14.7 Å². The molecule has 0 bridgehead atoms. The summed E-state index contributed by atoms with van der Waals surface area (Å²) in [4.78, 5) is 10.2. The first-order valence-corrected chi connectivity index (χ1v) is 14.1. The average Bonchev–Trinajstić information content (AvgIpc) is 3.28. The molecular formula is C25H24ClN5O4S2. The highest BCUT2D eigenvalue weighted by molar-refractivity contribution is 7.98. The predicted molar refractivity (Wildman–Crippen MR) is 144 cm³/mol. The van der Waals surface area contributed by atoms with Gasteiger partial charge in [-0.2, -0.15) is 0 Å². The van der Waals surface area contributed by atoms with Gasteiger partial charge in [-0.25, -0.2) is 13.1 Å². The lowest BCUT2D eigenvalue weighted by atomic mass is 10.1. The Balaban J connectivity index is 1.69. The molecule has 0 saturated carbocycles. The minimum absolute atomic E-state index is 0.0934. The molecule has 12 heteroatoms. The summed E-state index contributed by atoms with van der Waals surface area (Å²) in [6.07, 6.45) is 0. The molecule has 0 saturated heterocycles. The first kappa shape index (κ1) is 26.8. The molecule has 4 aromatic rings. The Morgan fingerprint density at radius 2 is 1.76 bits per heavy atom. The number of rotatable bonds is 9. The van der Waals surface area contributed by atoms with E-state index in [1.54, 1.807) is 19.1 Å². The van der Waals surface area contributed by atoms with Gasteiger partial charge in [0.05, 0.1) is 21.5 Å². The van der Waals surface area contributed by atoms with Crippen LogP contribution in [0.15, 0.2) is 76.8 Å². The number of benzene rings is 3. The lowest BCUT2D eigenvalue weighted by Crippen LogP contribution is -2.29. The molecule has 37 heavy (non-hydrogen) atoms. The third-order valence-corrected chi connectivity index (χ3v) is 8.54. The molecule has 9 nitrogen and oxygen atoms in total. The first-order chi connectivity index (χ1) is 17.6. The van der Waals surface area contributed by atoms with Crippen LogP contribution in [-0.2, 0) is 15.8 Å². The molecule has 4 rings (SSSR count). The SMILES string of the molecule is Cc1ccccc1CSc1nnc(C(C)NS(=O)(=O)c2ccc([N+](=O)[O-])cc2)n1-c1cc(Cl)ccc1C. The molecule has 0 aliphatic rings. The lowest BCUT2D eigenvalue weighted by Gasteiger charge is -2.18. The maximum Gasteiger partial charge on any atom is 0.269 e. The third-order valence-electron chi connectivity index (χ3n) is 5.77. The second-order valence-electron chi connectivity index (χ2n) is 8.42. The van der Waals surface area contributed by atoms with E-state index < -0.39 is 21.0 Å². The topological polar surface area (TPSA) is 120 Å². The van der Waals surface area contributed by atoms with Crippen LogP contribution < -0.4 is 4.72 Å². The number of hydrogen-bond acceptors (Lipinski definition) is 7. The van der Waals surface area contributed by atoms with Crippen molar-refractivity contribution in [1.82, 2.24) is 19.5 Å². The van der Waals surface area contributed by atoms with Crippen molar-refractivity contribution in [3.63, 3.8) is 0 Å². The number of sulfonamides is 1. The fourth-order valence-corrected chi connectivity index (χ4v) is 6.12. The molecule has 0 amide bonds. The minimum Gasteiger partial charge on any atom is -0.272 e. The summed E-state index contributed by atoms with van der Waals surface area (Å²) >= 11 is 7.80. The number of hydrogen-bond donors (Lipinski definition) is 1. The number of nitrogens with zero attached hydrogens (tertiary/aromatic N) is 4. The van der Waals surface area contributed by atoms with E-state index in [0.717, 1.165) is 34.5 Å². The molecule has 192 valence electrons. The van der Waals surface area contributed by atoms with Gasteiger partial charge in [0, 0.05) is 22.9 Å². The molecule has 3 aromatic carbocycles. The molecule has 0 radical (unpaired) electrons. The lowest BCUT2D eigenvalue weighted by molar-refractivity contribution is -0.384. The molecular weight excluding hydrogens is 534 g/mol. The number of non-ortho nitro benzene ring substituents is 1. The quantitative estimate of drug-likeness (QED) is 0.157. The summed E-state index contributed by atoms with van der Waals surface area (Å²) in [5.41, 5.74) is 3.76. The number of aryl methyl sites for hydroxylation is 2. The van der Waals surface area contributed by atoms with Crippen molar-refractivity contribution in [3.05, 3.63) is 104 Å². The van der Waals surface area contributed by atoms with Crippen LogP contribution >= 0.6 is 23.4 Å². The molecule has 1 unspecified atom stereocenters. The maximum absolute atomic E-state index is 13.1. The van der Waals surface area contributed by atoms with Crippen LogP contribution in [0.2, 0.25) is 5.02 Å². The summed E-state index contributed by atoms with van der Waals surface area (Å²) < 4.78 is 30.5. The smallest absolute Gasteiger partial charge is 0.269 e. The number of nitro benzene ring substituents is 1. The van der Waals surface area contributed by atoms with E-state index in [1.807, 2.05) is 42.7 Å². The van der Waals surface area contributed by atoms with Gasteiger partial charge in [0.15, 0.2) is 11.0 Å². The van der Waals surface area contributed by atoms with E-state index in [-0.39, 0.29) is 10.6 Å². The highest BCUT2D eigenvalue weighted by atomic mass is 35.5. The van der Waals surface area contributed by atoms with Gasteiger partial charge < -0.3 is 0 Å². The number of halogens is 1. The van der Waals surface area contributed by atoms with Crippen molar-refractivity contribution in [1.29, 1.82) is 0 Å². The van der Waals surface area contributed by atoms with Crippen LogP contribution in [0.5, 0.6) is 0 Å². The fourth-order valence-electron chi connectivity index (χ4n) is 3.72. The Hall–Kier alpha value is -3.25. The molecule has 1 aromatic heterocycles. The summed E-state index contributed by atoms with van der Waals surface area (Å²) in [5, 5.41) is 20.8. The second-order valence-corrected chi connectivity index (χ2v) is 11.5. The van der Waals surface area contributed by atoms with Crippen molar-refractivity contribution >= 4 is 39.1 Å². The molecule has 0 aliphatic carbocycles. The zero-order chi connectivity index (χ0) is 26.7. The van der Waals surface area contributed by atoms with E-state index in [9.17, 15) is 18.5 Å². The van der Waals surface area contributed by atoms with E-state index in [0.29, 0.717) is 21.8 Å². The van der Waals surface area contributed by atoms with Crippen LogP contribution in [0.3, 0.4) is 0 Å². The van der Waals surface area contributed by atoms with Crippen molar-refractivity contribution in [3.8, 4) is 5.69 Å². The normalized spacial score (nSPS) is 12.4. The number of thioether (sulfide) groups is 1. The zero-order valence-electron chi connectivity index (χ0n) is 20.3. The van der Waals surface area contributed by atoms with E-state index in [4.69, 9.17) is 11.6 Å². The fraction of sp³-hybridized carbons (Fsp3) is 0.200. The van der Waals surface area contributed by atoms with Crippen LogP contribution in [0.4, 0.5) is 5.69 Å². The van der Waals surface area contributed by atoms with E-state index in [2.05, 4.69) is 21.0 Å². The van der Waals surface area contributed by atoms with Gasteiger partial charge in [-0.1, -0.05) is 53.7 Å². The zero-order valence-corrected chi connectivity index (χ0v) is 22.6. The minimum atomic E-state index is -4.01. The monoisotopic (exact) mass is 557 g/mol. The van der Waals surface area contributed by atoms with Gasteiger partial charge in [0.25, 0.3) is 5.69 Å². The Labute approximate surface area is 224 Å².